The van der Waals surface area contributed by atoms with Gasteiger partial charge in [-0.25, -0.2) is 0 Å². The minimum atomic E-state index is -0.278. The van der Waals surface area contributed by atoms with Gasteiger partial charge in [0.1, 0.15) is 11.6 Å². The first kappa shape index (κ1) is 15.1. The van der Waals surface area contributed by atoms with Crippen LogP contribution in [0.25, 0.3) is 11.8 Å². The number of carbonyl (C=O) groups excluding carboxylic acids is 1. The third kappa shape index (κ3) is 3.51. The van der Waals surface area contributed by atoms with E-state index in [9.17, 15) is 10.1 Å². The van der Waals surface area contributed by atoms with Crippen LogP contribution in [0.4, 0.5) is 0 Å². The minimum absolute atomic E-state index is 0.146. The maximum absolute atomic E-state index is 12.3. The fourth-order valence-electron chi connectivity index (χ4n) is 2.97. The average Bonchev–Trinajstić information content (AvgIpc) is 3.24. The molecule has 1 heterocycles. The Hall–Kier alpha value is -2.80. The van der Waals surface area contributed by atoms with Crippen LogP contribution >= 0.6 is 0 Å². The summed E-state index contributed by atoms with van der Waals surface area (Å²) in [4.78, 5) is 12.3. The molecule has 23 heavy (non-hydrogen) atoms. The Morgan fingerprint density at radius 1 is 1.17 bits per heavy atom. The third-order valence-electron chi connectivity index (χ3n) is 4.16. The van der Waals surface area contributed by atoms with Crippen molar-refractivity contribution >= 4 is 12.0 Å². The van der Waals surface area contributed by atoms with Crippen molar-refractivity contribution in [2.75, 3.05) is 0 Å². The molecule has 4 heteroatoms. The average molecular weight is 305 g/mol. The lowest BCUT2D eigenvalue weighted by atomic mass is 10.2. The van der Waals surface area contributed by atoms with Gasteiger partial charge < -0.3 is 9.88 Å². The molecule has 1 aromatic heterocycles. The molecule has 116 valence electrons. The highest BCUT2D eigenvalue weighted by molar-refractivity contribution is 6.01. The topological polar surface area (TPSA) is 57.8 Å². The van der Waals surface area contributed by atoms with Gasteiger partial charge in [0.15, 0.2) is 0 Å². The number of amides is 1. The summed E-state index contributed by atoms with van der Waals surface area (Å²) in [5.74, 6) is -0.278. The number of nitriles is 1. The van der Waals surface area contributed by atoms with Gasteiger partial charge in [0.25, 0.3) is 5.91 Å². The number of nitrogens with zero attached hydrogens (tertiary/aromatic N) is 2. The van der Waals surface area contributed by atoms with Crippen molar-refractivity contribution in [3.05, 3.63) is 59.9 Å². The van der Waals surface area contributed by atoms with Crippen LogP contribution in [0.15, 0.2) is 54.2 Å². The van der Waals surface area contributed by atoms with E-state index in [1.807, 2.05) is 59.3 Å². The summed E-state index contributed by atoms with van der Waals surface area (Å²) in [5, 5.41) is 12.3. The summed E-state index contributed by atoms with van der Waals surface area (Å²) in [6, 6.07) is 15.9. The van der Waals surface area contributed by atoms with Crippen LogP contribution in [0.3, 0.4) is 0 Å². The Kier molecular flexibility index (Phi) is 4.58. The van der Waals surface area contributed by atoms with Crippen LogP contribution in [0, 0.1) is 11.3 Å². The zero-order chi connectivity index (χ0) is 16.1. The number of aromatic nitrogens is 1. The molecule has 1 amide bonds. The Labute approximate surface area is 136 Å². The number of carbonyl (C=O) groups is 1. The summed E-state index contributed by atoms with van der Waals surface area (Å²) < 4.78 is 1.96. The van der Waals surface area contributed by atoms with Gasteiger partial charge in [0, 0.05) is 23.6 Å². The van der Waals surface area contributed by atoms with Gasteiger partial charge in [-0.05, 0) is 43.2 Å². The van der Waals surface area contributed by atoms with Gasteiger partial charge in [-0.3, -0.25) is 4.79 Å². The fourth-order valence-corrected chi connectivity index (χ4v) is 2.97. The Bertz CT molecular complexity index is 746. The molecule has 0 radical (unpaired) electrons. The molecule has 0 atom stereocenters. The van der Waals surface area contributed by atoms with Gasteiger partial charge >= 0.3 is 0 Å². The molecule has 1 aliphatic carbocycles. The molecule has 0 unspecified atom stereocenters. The molecule has 1 saturated carbocycles. The van der Waals surface area contributed by atoms with E-state index in [1.54, 1.807) is 6.08 Å². The van der Waals surface area contributed by atoms with Crippen LogP contribution in [-0.2, 0) is 4.79 Å². The van der Waals surface area contributed by atoms with E-state index in [0.717, 1.165) is 37.1 Å². The monoisotopic (exact) mass is 305 g/mol. The lowest BCUT2D eigenvalue weighted by Crippen LogP contribution is -2.33. The van der Waals surface area contributed by atoms with E-state index in [-0.39, 0.29) is 17.5 Å². The Morgan fingerprint density at radius 3 is 2.61 bits per heavy atom. The van der Waals surface area contributed by atoms with Gasteiger partial charge in [0.05, 0.1) is 0 Å². The second kappa shape index (κ2) is 6.97. The number of hydrogen-bond donors (Lipinski definition) is 1. The molecule has 0 aliphatic heterocycles. The molecule has 0 saturated heterocycles. The van der Waals surface area contributed by atoms with Gasteiger partial charge in [-0.1, -0.05) is 31.0 Å². The molecule has 0 spiro atoms. The second-order valence-corrected chi connectivity index (χ2v) is 5.76. The van der Waals surface area contributed by atoms with Crippen molar-refractivity contribution in [1.82, 2.24) is 9.88 Å². The Balaban J connectivity index is 1.83. The molecule has 1 aliphatic rings. The standard InChI is InChI=1S/C19H19N3O/c20-14-15(19(23)21-16-7-4-5-8-16)13-18-11-6-12-22(18)17-9-2-1-3-10-17/h1-3,6,9-13,16H,4-5,7-8H2,(H,21,23)/b15-13-. The van der Waals surface area contributed by atoms with Crippen molar-refractivity contribution in [2.24, 2.45) is 0 Å². The van der Waals surface area contributed by atoms with Gasteiger partial charge in [-0.2, -0.15) is 5.26 Å². The lowest BCUT2D eigenvalue weighted by Gasteiger charge is -2.11. The van der Waals surface area contributed by atoms with E-state index in [4.69, 9.17) is 0 Å². The van der Waals surface area contributed by atoms with Crippen molar-refractivity contribution in [2.45, 2.75) is 31.7 Å². The first-order valence-electron chi connectivity index (χ1n) is 7.93. The van der Waals surface area contributed by atoms with Crippen LogP contribution in [0.5, 0.6) is 0 Å². The van der Waals surface area contributed by atoms with E-state index >= 15 is 0 Å². The predicted octanol–water partition coefficient (Wildman–Crippen LogP) is 3.44. The zero-order valence-corrected chi connectivity index (χ0v) is 12.9. The molecule has 4 nitrogen and oxygen atoms in total. The van der Waals surface area contributed by atoms with Crippen LogP contribution in [-0.4, -0.2) is 16.5 Å². The van der Waals surface area contributed by atoms with Crippen LogP contribution in [0.1, 0.15) is 31.4 Å². The highest BCUT2D eigenvalue weighted by Crippen LogP contribution is 2.19. The number of nitrogens with one attached hydrogen (secondary N) is 1. The number of rotatable bonds is 4. The van der Waals surface area contributed by atoms with Gasteiger partial charge in [0.2, 0.25) is 0 Å². The van der Waals surface area contributed by atoms with E-state index in [0.29, 0.717) is 0 Å². The summed E-state index contributed by atoms with van der Waals surface area (Å²) in [6.45, 7) is 0. The van der Waals surface area contributed by atoms with Crippen molar-refractivity contribution in [3.8, 4) is 11.8 Å². The zero-order valence-electron chi connectivity index (χ0n) is 12.9. The lowest BCUT2D eigenvalue weighted by molar-refractivity contribution is -0.117. The molecule has 1 N–H and O–H groups in total. The first-order valence-corrected chi connectivity index (χ1v) is 7.93. The quantitative estimate of drug-likeness (QED) is 0.695. The maximum Gasteiger partial charge on any atom is 0.262 e. The summed E-state index contributed by atoms with van der Waals surface area (Å²) >= 11 is 0. The number of benzene rings is 1. The van der Waals surface area contributed by atoms with Crippen molar-refractivity contribution in [3.63, 3.8) is 0 Å². The summed E-state index contributed by atoms with van der Waals surface area (Å²) in [7, 11) is 0. The van der Waals surface area contributed by atoms with E-state index in [1.165, 1.54) is 0 Å². The summed E-state index contributed by atoms with van der Waals surface area (Å²) in [6.07, 6.45) is 7.87. The summed E-state index contributed by atoms with van der Waals surface area (Å²) in [5.41, 5.74) is 1.96. The highest BCUT2D eigenvalue weighted by atomic mass is 16.1. The molecule has 1 fully saturated rings. The largest absolute Gasteiger partial charge is 0.349 e. The second-order valence-electron chi connectivity index (χ2n) is 5.76. The van der Waals surface area contributed by atoms with Crippen molar-refractivity contribution < 1.29 is 4.79 Å². The molecule has 3 rings (SSSR count). The van der Waals surface area contributed by atoms with Crippen LogP contribution < -0.4 is 5.32 Å². The Morgan fingerprint density at radius 2 is 1.91 bits per heavy atom. The smallest absolute Gasteiger partial charge is 0.262 e. The third-order valence-corrected chi connectivity index (χ3v) is 4.16. The maximum atomic E-state index is 12.3. The normalized spacial score (nSPS) is 15.3. The molecule has 0 bridgehead atoms. The molecular weight excluding hydrogens is 286 g/mol. The van der Waals surface area contributed by atoms with E-state index in [2.05, 4.69) is 5.32 Å². The van der Waals surface area contributed by atoms with Crippen molar-refractivity contribution in [1.29, 1.82) is 5.26 Å². The fraction of sp³-hybridized carbons (Fsp3) is 0.263. The molecule has 2 aromatic rings. The minimum Gasteiger partial charge on any atom is -0.349 e. The van der Waals surface area contributed by atoms with Crippen LogP contribution in [0.2, 0.25) is 0 Å². The first-order chi connectivity index (χ1) is 11.3. The highest BCUT2D eigenvalue weighted by Gasteiger charge is 2.19. The predicted molar refractivity (Wildman–Crippen MR) is 89.8 cm³/mol. The molecular formula is C19H19N3O. The van der Waals surface area contributed by atoms with Gasteiger partial charge in [-0.15, -0.1) is 0 Å². The number of para-hydroxylation sites is 1. The van der Waals surface area contributed by atoms with E-state index < -0.39 is 0 Å². The number of hydrogen-bond acceptors (Lipinski definition) is 2. The molecule has 1 aromatic carbocycles. The SMILES string of the molecule is N#C/C(=C/c1cccn1-c1ccccc1)C(=O)NC1CCCC1.